The summed E-state index contributed by atoms with van der Waals surface area (Å²) in [6.45, 7) is 6.33. The van der Waals surface area contributed by atoms with Crippen molar-refractivity contribution in [3.63, 3.8) is 0 Å². The fraction of sp³-hybridized carbons (Fsp3) is 0.240. The number of benzene rings is 3. The molecule has 3 aromatic rings. The zero-order chi connectivity index (χ0) is 21.5. The van der Waals surface area contributed by atoms with Crippen molar-refractivity contribution in [1.82, 2.24) is 0 Å². The molecule has 4 rings (SSSR count). The van der Waals surface area contributed by atoms with Crippen molar-refractivity contribution < 1.29 is 9.72 Å². The summed E-state index contributed by atoms with van der Waals surface area (Å²) in [4.78, 5) is 26.1. The number of nitrogens with zero attached hydrogens (tertiary/aromatic N) is 2. The average molecular weight is 400 g/mol. The largest absolute Gasteiger partial charge is 0.302 e. The highest BCUT2D eigenvalue weighted by Crippen LogP contribution is 2.50. The minimum atomic E-state index is -0.499. The summed E-state index contributed by atoms with van der Waals surface area (Å²) < 4.78 is 0. The Morgan fingerprint density at radius 2 is 1.60 bits per heavy atom. The first-order chi connectivity index (χ1) is 14.2. The summed E-state index contributed by atoms with van der Waals surface area (Å²) in [5.41, 5.74) is 2.59. The van der Waals surface area contributed by atoms with Crippen LogP contribution >= 0.6 is 0 Å². The molecular formula is C25H24N2O3. The third-order valence-corrected chi connectivity index (χ3v) is 6.05. The smallest absolute Gasteiger partial charge is 0.270 e. The van der Waals surface area contributed by atoms with Crippen LogP contribution in [0.1, 0.15) is 48.7 Å². The standard InChI is InChI=1S/C25H24N2O3/c1-24(2)17-25(3,19-11-5-4-6-12-19)21-14-7-8-15-22(21)26(24)23(28)18-10-9-13-20(16-18)27(29)30/h4-16H,17H2,1-3H3/t25-/m0/s1. The van der Waals surface area contributed by atoms with Crippen LogP contribution in [0.25, 0.3) is 0 Å². The summed E-state index contributed by atoms with van der Waals surface area (Å²) >= 11 is 0. The van der Waals surface area contributed by atoms with Gasteiger partial charge in [0.15, 0.2) is 0 Å². The van der Waals surface area contributed by atoms with Gasteiger partial charge in [-0.25, -0.2) is 0 Å². The second-order valence-electron chi connectivity index (χ2n) is 8.65. The quantitative estimate of drug-likeness (QED) is 0.417. The number of anilines is 1. The molecule has 0 spiro atoms. The van der Waals surface area contributed by atoms with Crippen LogP contribution in [0.2, 0.25) is 0 Å². The molecule has 5 nitrogen and oxygen atoms in total. The molecule has 5 heteroatoms. The lowest BCUT2D eigenvalue weighted by molar-refractivity contribution is -0.384. The molecule has 0 saturated heterocycles. The predicted octanol–water partition coefficient (Wildman–Crippen LogP) is 5.73. The molecule has 1 heterocycles. The number of hydrogen-bond acceptors (Lipinski definition) is 3. The van der Waals surface area contributed by atoms with Gasteiger partial charge in [-0.3, -0.25) is 14.9 Å². The molecule has 1 aliphatic rings. The van der Waals surface area contributed by atoms with Gasteiger partial charge in [-0.1, -0.05) is 61.5 Å². The normalized spacial score (nSPS) is 19.8. The third kappa shape index (κ3) is 3.16. The number of carbonyl (C=O) groups is 1. The number of hydrogen-bond donors (Lipinski definition) is 0. The lowest BCUT2D eigenvalue weighted by atomic mass is 9.65. The molecular weight excluding hydrogens is 376 g/mol. The lowest BCUT2D eigenvalue weighted by Gasteiger charge is -2.51. The SMILES string of the molecule is CC1(C)C[C@@](C)(c2ccccc2)c2ccccc2N1C(=O)c1cccc([N+](=O)[O-])c1. The van der Waals surface area contributed by atoms with Gasteiger partial charge in [-0.05, 0) is 43.5 Å². The predicted molar refractivity (Wildman–Crippen MR) is 118 cm³/mol. The second-order valence-corrected chi connectivity index (χ2v) is 8.65. The molecule has 3 aromatic carbocycles. The number of amides is 1. The van der Waals surface area contributed by atoms with E-state index in [0.29, 0.717) is 5.56 Å². The molecule has 0 fully saturated rings. The Kier molecular flexibility index (Phi) is 4.69. The van der Waals surface area contributed by atoms with E-state index in [2.05, 4.69) is 39.0 Å². The van der Waals surface area contributed by atoms with Crippen molar-refractivity contribution in [2.75, 3.05) is 4.90 Å². The summed E-state index contributed by atoms with van der Waals surface area (Å²) in [6, 6.07) is 24.3. The van der Waals surface area contributed by atoms with Crippen LogP contribution in [0.4, 0.5) is 11.4 Å². The maximum atomic E-state index is 13.6. The van der Waals surface area contributed by atoms with Gasteiger partial charge >= 0.3 is 0 Å². The van der Waals surface area contributed by atoms with Crippen LogP contribution in [0.5, 0.6) is 0 Å². The maximum absolute atomic E-state index is 13.6. The Hall–Kier alpha value is -3.47. The van der Waals surface area contributed by atoms with Crippen LogP contribution in [0, 0.1) is 10.1 Å². The van der Waals surface area contributed by atoms with Gasteiger partial charge in [0, 0.05) is 34.3 Å². The topological polar surface area (TPSA) is 63.5 Å². The van der Waals surface area contributed by atoms with Gasteiger partial charge in [-0.2, -0.15) is 0 Å². The number of nitro benzene ring substituents is 1. The first-order valence-electron chi connectivity index (χ1n) is 9.98. The monoisotopic (exact) mass is 400 g/mol. The van der Waals surface area contributed by atoms with E-state index in [1.807, 2.05) is 36.4 Å². The van der Waals surface area contributed by atoms with Crippen molar-refractivity contribution in [2.24, 2.45) is 0 Å². The van der Waals surface area contributed by atoms with Crippen molar-refractivity contribution in [3.05, 3.63) is 106 Å². The molecule has 152 valence electrons. The molecule has 0 unspecified atom stereocenters. The van der Waals surface area contributed by atoms with E-state index in [-0.39, 0.29) is 17.0 Å². The van der Waals surface area contributed by atoms with E-state index in [4.69, 9.17) is 0 Å². The molecule has 1 amide bonds. The van der Waals surface area contributed by atoms with Crippen molar-refractivity contribution in [1.29, 1.82) is 0 Å². The Bertz CT molecular complexity index is 1120. The number of carbonyl (C=O) groups excluding carboxylic acids is 1. The Labute approximate surface area is 176 Å². The van der Waals surface area contributed by atoms with Gasteiger partial charge in [-0.15, -0.1) is 0 Å². The summed E-state index contributed by atoms with van der Waals surface area (Å²) in [6.07, 6.45) is 0.724. The van der Waals surface area contributed by atoms with Crippen molar-refractivity contribution in [2.45, 2.75) is 38.1 Å². The molecule has 0 aliphatic carbocycles. The zero-order valence-electron chi connectivity index (χ0n) is 17.3. The maximum Gasteiger partial charge on any atom is 0.270 e. The minimum absolute atomic E-state index is 0.0851. The third-order valence-electron chi connectivity index (χ3n) is 6.05. The molecule has 0 N–H and O–H groups in total. The van der Waals surface area contributed by atoms with Crippen LogP contribution in [0.15, 0.2) is 78.9 Å². The van der Waals surface area contributed by atoms with Crippen LogP contribution in [-0.2, 0) is 5.41 Å². The molecule has 30 heavy (non-hydrogen) atoms. The summed E-state index contributed by atoms with van der Waals surface area (Å²) in [5, 5.41) is 11.2. The number of fused-ring (bicyclic) bond motifs is 1. The number of para-hydroxylation sites is 1. The van der Waals surface area contributed by atoms with Crippen LogP contribution < -0.4 is 4.90 Å². The zero-order valence-corrected chi connectivity index (χ0v) is 17.3. The van der Waals surface area contributed by atoms with E-state index in [9.17, 15) is 14.9 Å². The summed E-state index contributed by atoms with van der Waals surface area (Å²) in [5.74, 6) is -0.230. The fourth-order valence-corrected chi connectivity index (χ4v) is 4.83. The highest BCUT2D eigenvalue weighted by atomic mass is 16.6. The highest BCUT2D eigenvalue weighted by Gasteiger charge is 2.47. The molecule has 0 aromatic heterocycles. The number of non-ortho nitro benzene ring substituents is 1. The molecule has 0 saturated carbocycles. The first kappa shape index (κ1) is 19.8. The Morgan fingerprint density at radius 1 is 0.933 bits per heavy atom. The van der Waals surface area contributed by atoms with E-state index < -0.39 is 10.5 Å². The fourth-order valence-electron chi connectivity index (χ4n) is 4.83. The molecule has 0 bridgehead atoms. The van der Waals surface area contributed by atoms with Gasteiger partial charge in [0.1, 0.15) is 0 Å². The first-order valence-corrected chi connectivity index (χ1v) is 9.98. The van der Waals surface area contributed by atoms with Gasteiger partial charge in [0.2, 0.25) is 0 Å². The number of rotatable bonds is 3. The van der Waals surface area contributed by atoms with E-state index in [0.717, 1.165) is 17.7 Å². The average Bonchev–Trinajstić information content (AvgIpc) is 2.73. The van der Waals surface area contributed by atoms with Crippen molar-refractivity contribution >= 4 is 17.3 Å². The minimum Gasteiger partial charge on any atom is -0.302 e. The molecule has 0 radical (unpaired) electrons. The summed E-state index contributed by atoms with van der Waals surface area (Å²) in [7, 11) is 0. The number of nitro groups is 1. The Morgan fingerprint density at radius 3 is 2.30 bits per heavy atom. The van der Waals surface area contributed by atoms with E-state index >= 15 is 0 Å². The molecule has 1 aliphatic heterocycles. The van der Waals surface area contributed by atoms with Crippen molar-refractivity contribution in [3.8, 4) is 0 Å². The van der Waals surface area contributed by atoms with E-state index in [1.165, 1.54) is 17.7 Å². The molecule has 1 atom stereocenters. The van der Waals surface area contributed by atoms with Gasteiger partial charge in [0.25, 0.3) is 11.6 Å². The van der Waals surface area contributed by atoms with Gasteiger partial charge < -0.3 is 4.90 Å². The van der Waals surface area contributed by atoms with Crippen LogP contribution in [-0.4, -0.2) is 16.4 Å². The Balaban J connectivity index is 1.87. The van der Waals surface area contributed by atoms with Gasteiger partial charge in [0.05, 0.1) is 4.92 Å². The lowest BCUT2D eigenvalue weighted by Crippen LogP contribution is -2.55. The second kappa shape index (κ2) is 7.10. The van der Waals surface area contributed by atoms with Crippen LogP contribution in [0.3, 0.4) is 0 Å². The highest BCUT2D eigenvalue weighted by molar-refractivity contribution is 6.08. The van der Waals surface area contributed by atoms with E-state index in [1.54, 1.807) is 17.0 Å².